The fourth-order valence-electron chi connectivity index (χ4n) is 3.74. The number of para-hydroxylation sites is 1. The van der Waals surface area contributed by atoms with Gasteiger partial charge in [0.2, 0.25) is 11.9 Å². The molecule has 0 bridgehead atoms. The molecule has 0 spiro atoms. The van der Waals surface area contributed by atoms with Crippen LogP contribution in [0.25, 0.3) is 21.8 Å². The Morgan fingerprint density at radius 1 is 0.939 bits per heavy atom. The summed E-state index contributed by atoms with van der Waals surface area (Å²) in [6.45, 7) is 4.09. The quantitative estimate of drug-likeness (QED) is 0.321. The highest BCUT2D eigenvalue weighted by Gasteiger charge is 2.18. The lowest BCUT2D eigenvalue weighted by Crippen LogP contribution is -2.16. The number of H-pyrrole nitrogens is 2. The molecule has 0 unspecified atom stereocenters. The van der Waals surface area contributed by atoms with E-state index >= 15 is 0 Å². The summed E-state index contributed by atoms with van der Waals surface area (Å²) in [7, 11) is 0. The maximum Gasteiger partial charge on any atom is 0.276 e. The zero-order chi connectivity index (χ0) is 22.9. The van der Waals surface area contributed by atoms with Crippen molar-refractivity contribution in [3.8, 4) is 0 Å². The number of hydrogen-bond donors (Lipinski definition) is 4. The summed E-state index contributed by atoms with van der Waals surface area (Å²) in [6, 6.07) is 14.8. The Bertz CT molecular complexity index is 1490. The van der Waals surface area contributed by atoms with Gasteiger partial charge in [-0.2, -0.15) is 0 Å². The van der Waals surface area contributed by atoms with Gasteiger partial charge in [0.15, 0.2) is 0 Å². The molecule has 0 saturated carbocycles. The second kappa shape index (κ2) is 8.19. The first-order chi connectivity index (χ1) is 16.0. The maximum absolute atomic E-state index is 13.0. The monoisotopic (exact) mass is 439 g/mol. The third-order valence-corrected chi connectivity index (χ3v) is 5.27. The highest BCUT2D eigenvalue weighted by molar-refractivity contribution is 6.11. The molecule has 5 rings (SSSR count). The van der Waals surface area contributed by atoms with Gasteiger partial charge in [-0.25, -0.2) is 15.0 Å². The number of aromatic amines is 2. The van der Waals surface area contributed by atoms with Gasteiger partial charge in [0, 0.05) is 17.8 Å². The van der Waals surface area contributed by atoms with Crippen molar-refractivity contribution in [2.75, 3.05) is 10.6 Å². The van der Waals surface area contributed by atoms with Gasteiger partial charge in [-0.3, -0.25) is 20.2 Å². The second-order valence-corrected chi connectivity index (χ2v) is 7.90. The molecule has 0 radical (unpaired) electrons. The van der Waals surface area contributed by atoms with Gasteiger partial charge in [-0.05, 0) is 29.5 Å². The highest BCUT2D eigenvalue weighted by Crippen LogP contribution is 2.25. The second-order valence-electron chi connectivity index (χ2n) is 7.90. The molecule has 2 amide bonds. The number of hydrogen-bond acceptors (Lipinski definition) is 5. The smallest absolute Gasteiger partial charge is 0.276 e. The molecule has 0 fully saturated rings. The standard InChI is InChI=1S/C24H21N7O2/c1-13(2)19-15-7-4-3-6-14(15)12-18(27-19)22(33)31-24-28-17-9-5-8-16(20(17)29-24)21(32)30-23-25-10-11-26-23/h3-13H,1-2H3,(H2,25,26,30,32)(H2,28,29,31,33). The van der Waals surface area contributed by atoms with Crippen molar-refractivity contribution in [1.82, 2.24) is 24.9 Å². The Balaban J connectivity index is 1.45. The summed E-state index contributed by atoms with van der Waals surface area (Å²) in [5.74, 6) is -0.0243. The van der Waals surface area contributed by atoms with E-state index in [0.717, 1.165) is 16.5 Å². The van der Waals surface area contributed by atoms with Crippen LogP contribution in [-0.2, 0) is 0 Å². The number of benzene rings is 2. The van der Waals surface area contributed by atoms with E-state index in [1.807, 2.05) is 38.1 Å². The van der Waals surface area contributed by atoms with E-state index in [2.05, 4.69) is 35.6 Å². The fraction of sp³-hybridized carbons (Fsp3) is 0.125. The molecule has 33 heavy (non-hydrogen) atoms. The molecule has 0 aliphatic heterocycles. The van der Waals surface area contributed by atoms with Gasteiger partial charge in [0.1, 0.15) is 11.2 Å². The highest BCUT2D eigenvalue weighted by atomic mass is 16.2. The summed E-state index contributed by atoms with van der Waals surface area (Å²) in [5.41, 5.74) is 2.57. The van der Waals surface area contributed by atoms with E-state index in [-0.39, 0.29) is 23.7 Å². The number of aromatic nitrogens is 5. The van der Waals surface area contributed by atoms with Crippen LogP contribution in [0.1, 0.15) is 46.3 Å². The Labute approximate surface area is 188 Å². The number of rotatable bonds is 5. The molecular formula is C24H21N7O2. The lowest BCUT2D eigenvalue weighted by molar-refractivity contribution is 0.101. The van der Waals surface area contributed by atoms with Crippen LogP contribution in [0.2, 0.25) is 0 Å². The molecule has 0 saturated heterocycles. The first kappa shape index (κ1) is 20.4. The lowest BCUT2D eigenvalue weighted by atomic mass is 10.0. The van der Waals surface area contributed by atoms with Crippen LogP contribution in [0.4, 0.5) is 11.9 Å². The van der Waals surface area contributed by atoms with Crippen molar-refractivity contribution in [2.45, 2.75) is 19.8 Å². The molecule has 3 heterocycles. The number of imidazole rings is 2. The van der Waals surface area contributed by atoms with E-state index in [1.54, 1.807) is 36.7 Å². The van der Waals surface area contributed by atoms with Crippen LogP contribution in [0.15, 0.2) is 60.9 Å². The number of fused-ring (bicyclic) bond motifs is 2. The summed E-state index contributed by atoms with van der Waals surface area (Å²) < 4.78 is 0. The van der Waals surface area contributed by atoms with E-state index in [4.69, 9.17) is 0 Å². The first-order valence-electron chi connectivity index (χ1n) is 10.5. The minimum atomic E-state index is -0.386. The zero-order valence-electron chi connectivity index (χ0n) is 18.0. The topological polar surface area (TPSA) is 128 Å². The number of anilines is 2. The molecule has 9 heteroatoms. The molecule has 0 aliphatic rings. The summed E-state index contributed by atoms with van der Waals surface area (Å²) in [5, 5.41) is 7.43. The van der Waals surface area contributed by atoms with Crippen LogP contribution < -0.4 is 10.6 Å². The molecule has 4 N–H and O–H groups in total. The van der Waals surface area contributed by atoms with E-state index in [9.17, 15) is 9.59 Å². The van der Waals surface area contributed by atoms with Gasteiger partial charge in [0.05, 0.1) is 16.8 Å². The predicted octanol–water partition coefficient (Wildman–Crippen LogP) is 4.46. The average molecular weight is 439 g/mol. The normalized spacial score (nSPS) is 11.2. The number of nitrogens with zero attached hydrogens (tertiary/aromatic N) is 3. The molecule has 0 aliphatic carbocycles. The predicted molar refractivity (Wildman–Crippen MR) is 126 cm³/mol. The van der Waals surface area contributed by atoms with Gasteiger partial charge in [-0.15, -0.1) is 0 Å². The average Bonchev–Trinajstić information content (AvgIpc) is 3.47. The van der Waals surface area contributed by atoms with Crippen molar-refractivity contribution in [3.63, 3.8) is 0 Å². The minimum Gasteiger partial charge on any atom is -0.331 e. The summed E-state index contributed by atoms with van der Waals surface area (Å²) >= 11 is 0. The largest absolute Gasteiger partial charge is 0.331 e. The number of carbonyl (C=O) groups is 2. The first-order valence-corrected chi connectivity index (χ1v) is 10.5. The number of carbonyl (C=O) groups excluding carboxylic acids is 2. The van der Waals surface area contributed by atoms with E-state index in [1.165, 1.54) is 0 Å². The molecule has 164 valence electrons. The van der Waals surface area contributed by atoms with Crippen molar-refractivity contribution >= 4 is 45.5 Å². The van der Waals surface area contributed by atoms with E-state index in [0.29, 0.717) is 28.2 Å². The molecule has 2 aromatic carbocycles. The Hall–Kier alpha value is -4.53. The molecule has 0 atom stereocenters. The minimum absolute atomic E-state index is 0.157. The molecule has 9 nitrogen and oxygen atoms in total. The van der Waals surface area contributed by atoms with Crippen LogP contribution in [0, 0.1) is 0 Å². The van der Waals surface area contributed by atoms with E-state index < -0.39 is 0 Å². The summed E-state index contributed by atoms with van der Waals surface area (Å²) in [6.07, 6.45) is 3.16. The van der Waals surface area contributed by atoms with Crippen molar-refractivity contribution in [3.05, 3.63) is 77.9 Å². The number of pyridine rings is 1. The third kappa shape index (κ3) is 3.91. The van der Waals surface area contributed by atoms with Crippen LogP contribution in [-0.4, -0.2) is 36.7 Å². The van der Waals surface area contributed by atoms with Crippen molar-refractivity contribution in [1.29, 1.82) is 0 Å². The Morgan fingerprint density at radius 2 is 1.76 bits per heavy atom. The number of nitrogens with one attached hydrogen (secondary N) is 4. The van der Waals surface area contributed by atoms with Gasteiger partial charge in [0.25, 0.3) is 11.8 Å². The Kier molecular flexibility index (Phi) is 5.06. The van der Waals surface area contributed by atoms with Gasteiger partial charge < -0.3 is 9.97 Å². The molecule has 5 aromatic rings. The van der Waals surface area contributed by atoms with Crippen molar-refractivity contribution < 1.29 is 9.59 Å². The fourth-order valence-corrected chi connectivity index (χ4v) is 3.74. The SMILES string of the molecule is CC(C)c1nc(C(=O)Nc2nc3c(C(=O)Nc4ncc[nH]4)cccc3[nH]2)cc2ccccc12. The zero-order valence-corrected chi connectivity index (χ0v) is 18.0. The lowest BCUT2D eigenvalue weighted by Gasteiger charge is -2.11. The number of amides is 2. The van der Waals surface area contributed by atoms with Crippen LogP contribution >= 0.6 is 0 Å². The molecule has 3 aromatic heterocycles. The van der Waals surface area contributed by atoms with Crippen LogP contribution in [0.3, 0.4) is 0 Å². The summed E-state index contributed by atoms with van der Waals surface area (Å²) in [4.78, 5) is 44.6. The maximum atomic E-state index is 13.0. The Morgan fingerprint density at radius 3 is 2.55 bits per heavy atom. The van der Waals surface area contributed by atoms with Crippen molar-refractivity contribution in [2.24, 2.45) is 0 Å². The van der Waals surface area contributed by atoms with Gasteiger partial charge >= 0.3 is 0 Å². The van der Waals surface area contributed by atoms with Gasteiger partial charge in [-0.1, -0.05) is 44.2 Å². The molecular weight excluding hydrogens is 418 g/mol. The third-order valence-electron chi connectivity index (χ3n) is 5.27. The van der Waals surface area contributed by atoms with Crippen LogP contribution in [0.5, 0.6) is 0 Å².